The number of rotatable bonds is 15. The molecule has 0 unspecified atom stereocenters. The smallest absolute Gasteiger partial charge is 0.126 e. The number of aromatic nitrogens is 4. The van der Waals surface area contributed by atoms with Crippen molar-refractivity contribution in [2.75, 3.05) is 0 Å². The van der Waals surface area contributed by atoms with E-state index < -0.39 is 23.3 Å². The van der Waals surface area contributed by atoms with Crippen molar-refractivity contribution in [1.29, 1.82) is 52.6 Å². The highest BCUT2D eigenvalue weighted by Crippen LogP contribution is 2.52. The summed E-state index contributed by atoms with van der Waals surface area (Å²) >= 11 is 0. The van der Waals surface area contributed by atoms with Gasteiger partial charge in [0.1, 0.15) is 52.6 Å². The zero-order chi connectivity index (χ0) is 101. The van der Waals surface area contributed by atoms with Crippen LogP contribution in [-0.2, 0) is 0 Å². The average molecular weight is 1900 g/mol. The van der Waals surface area contributed by atoms with Gasteiger partial charge in [-0.1, -0.05) is 206 Å². The van der Waals surface area contributed by atoms with E-state index in [0.717, 1.165) is 34.0 Å². The standard InChI is InChI=1S/C130H64F4N14/c131-94-46-89(47-95(132)63-94)91-58-125(145-118-42-35-75(98-23-8-1-16-82(98)65-135)50-110(118)111-51-76(36-43-119(111)145)99-24-9-2-17-83(99)66-136)116(73-143)126(59-91)146-120-44-37-77(100-25-10-3-18-84(100)67-137)52-112(120)113-53-78(38-45-121(113)146)105-30-15-31-106(115(105)72-142)114-54-93(104-29-14-7-22-88(104)71-141)62-129-130(114)109-41-34-81(103-28-13-6-21-87(103)70-140)57-124(109)148(129)128-61-92(90-48-96(133)64-97(134)49-90)60-127(117(128)74-144)147-122-55-79(101-26-11-4-19-85(101)68-138)32-39-107(122)108-40-33-80(56-123(108)147)102-27-12-5-20-86(102)69-139/h1-64H. The number of benzene rings is 20. The summed E-state index contributed by atoms with van der Waals surface area (Å²) in [6.45, 7) is 0. The minimum absolute atomic E-state index is 0.0428. The Bertz CT molecular complexity index is 10200. The van der Waals surface area contributed by atoms with Crippen molar-refractivity contribution in [3.63, 3.8) is 0 Å². The summed E-state index contributed by atoms with van der Waals surface area (Å²) in [5, 5.41) is 119. The van der Waals surface area contributed by atoms with Gasteiger partial charge in [0.05, 0.1) is 154 Å². The molecule has 14 nitrogen and oxygen atoms in total. The van der Waals surface area contributed by atoms with E-state index in [1.54, 1.807) is 109 Å². The molecule has 0 N–H and O–H groups in total. The second kappa shape index (κ2) is 35.8. The molecule has 0 atom stereocenters. The van der Waals surface area contributed by atoms with E-state index in [2.05, 4.69) is 60.7 Å². The Kier molecular flexibility index (Phi) is 21.5. The van der Waals surface area contributed by atoms with Gasteiger partial charge in [0.15, 0.2) is 0 Å². The quantitative estimate of drug-likeness (QED) is 0.0877. The lowest BCUT2D eigenvalue weighted by Gasteiger charge is -2.20. The summed E-state index contributed by atoms with van der Waals surface area (Å²) in [7, 11) is 0. The van der Waals surface area contributed by atoms with Crippen LogP contribution < -0.4 is 0 Å². The van der Waals surface area contributed by atoms with Crippen LogP contribution in [0.4, 0.5) is 17.6 Å². The van der Waals surface area contributed by atoms with Gasteiger partial charge in [-0.2, -0.15) is 52.6 Å². The fourth-order valence-electron chi connectivity index (χ4n) is 21.7. The van der Waals surface area contributed by atoms with Crippen molar-refractivity contribution >= 4 is 87.2 Å². The van der Waals surface area contributed by atoms with Crippen LogP contribution in [0.1, 0.15) is 55.6 Å². The first-order chi connectivity index (χ1) is 72.6. The van der Waals surface area contributed by atoms with Crippen LogP contribution in [0.3, 0.4) is 0 Å². The third kappa shape index (κ3) is 14.5. The maximum absolute atomic E-state index is 16.5. The number of nitrogens with zero attached hydrogens (tertiary/aromatic N) is 14. The van der Waals surface area contributed by atoms with Crippen molar-refractivity contribution < 1.29 is 17.6 Å². The summed E-state index contributed by atoms with van der Waals surface area (Å²) in [6.07, 6.45) is 0. The van der Waals surface area contributed by atoms with Gasteiger partial charge in [-0.15, -0.1) is 0 Å². The molecule has 148 heavy (non-hydrogen) atoms. The van der Waals surface area contributed by atoms with E-state index in [4.69, 9.17) is 0 Å². The molecular formula is C130H64F4N14. The molecule has 4 heterocycles. The van der Waals surface area contributed by atoms with E-state index in [0.29, 0.717) is 210 Å². The van der Waals surface area contributed by atoms with Crippen molar-refractivity contribution in [1.82, 2.24) is 18.3 Å². The Morgan fingerprint density at radius 3 is 0.696 bits per heavy atom. The molecule has 0 aliphatic heterocycles. The van der Waals surface area contributed by atoms with Crippen LogP contribution in [0.25, 0.3) is 232 Å². The highest BCUT2D eigenvalue weighted by Gasteiger charge is 2.32. The van der Waals surface area contributed by atoms with Crippen LogP contribution in [0.2, 0.25) is 0 Å². The fourth-order valence-corrected chi connectivity index (χ4v) is 21.7. The van der Waals surface area contributed by atoms with E-state index in [9.17, 15) is 52.6 Å². The molecule has 24 aromatic rings. The molecule has 18 heteroatoms. The molecule has 20 aromatic carbocycles. The highest BCUT2D eigenvalue weighted by molar-refractivity contribution is 6.21. The molecular weight excluding hydrogens is 1830 g/mol. The molecule has 0 saturated carbocycles. The molecule has 4 aromatic heterocycles. The zero-order valence-electron chi connectivity index (χ0n) is 77.7. The van der Waals surface area contributed by atoms with Gasteiger partial charge < -0.3 is 18.3 Å². The second-order valence-electron chi connectivity index (χ2n) is 36.1. The lowest BCUT2D eigenvalue weighted by molar-refractivity contribution is 0.583. The third-order valence-corrected chi connectivity index (χ3v) is 28.2. The van der Waals surface area contributed by atoms with Gasteiger partial charge in [-0.05, 0) is 281 Å². The average Bonchev–Trinajstić information content (AvgIpc) is 1.55. The molecule has 0 fully saturated rings. The van der Waals surface area contributed by atoms with Crippen LogP contribution in [-0.4, -0.2) is 18.3 Å². The number of hydrogen-bond acceptors (Lipinski definition) is 10. The fraction of sp³-hybridized carbons (Fsp3) is 0. The predicted molar refractivity (Wildman–Crippen MR) is 571 cm³/mol. The molecule has 0 saturated heterocycles. The Balaban J connectivity index is 0.778. The number of hydrogen-bond donors (Lipinski definition) is 0. The minimum Gasteiger partial charge on any atom is -0.308 e. The molecule has 0 radical (unpaired) electrons. The van der Waals surface area contributed by atoms with Gasteiger partial charge in [-0.25, -0.2) is 17.6 Å². The molecule has 0 aliphatic carbocycles. The zero-order valence-corrected chi connectivity index (χ0v) is 77.7. The molecule has 24 rings (SSSR count). The van der Waals surface area contributed by atoms with E-state index in [-0.39, 0.29) is 56.0 Å². The molecule has 0 spiro atoms. The van der Waals surface area contributed by atoms with Crippen molar-refractivity contribution in [2.24, 2.45) is 0 Å². The largest absolute Gasteiger partial charge is 0.308 e. The first kappa shape index (κ1) is 88.9. The summed E-state index contributed by atoms with van der Waals surface area (Å²) < 4.78 is 73.1. The van der Waals surface area contributed by atoms with Crippen molar-refractivity contribution in [2.45, 2.75) is 0 Å². The molecule has 0 aliphatic rings. The van der Waals surface area contributed by atoms with Crippen LogP contribution in [0.5, 0.6) is 0 Å². The normalized spacial score (nSPS) is 11.2. The Hall–Kier alpha value is -21.8. The summed E-state index contributed by atoms with van der Waals surface area (Å²) in [5.74, 6) is -3.50. The first-order valence-electron chi connectivity index (χ1n) is 47.1. The summed E-state index contributed by atoms with van der Waals surface area (Å²) in [4.78, 5) is 0. The summed E-state index contributed by atoms with van der Waals surface area (Å²) in [6, 6.07) is 138. The van der Waals surface area contributed by atoms with Crippen molar-refractivity contribution in [3.05, 3.63) is 467 Å². The van der Waals surface area contributed by atoms with Gasteiger partial charge in [0, 0.05) is 66.3 Å². The number of nitriles is 10. The lowest BCUT2D eigenvalue weighted by Crippen LogP contribution is -2.06. The Labute approximate surface area is 843 Å². The van der Waals surface area contributed by atoms with E-state index in [1.165, 1.54) is 24.3 Å². The van der Waals surface area contributed by atoms with Crippen molar-refractivity contribution in [3.8, 4) is 206 Å². The number of fused-ring (bicyclic) bond motifs is 12. The van der Waals surface area contributed by atoms with Gasteiger partial charge in [0.2, 0.25) is 0 Å². The van der Waals surface area contributed by atoms with Gasteiger partial charge in [0.25, 0.3) is 0 Å². The summed E-state index contributed by atoms with van der Waals surface area (Å²) in [5.41, 5.74) is 19.7. The third-order valence-electron chi connectivity index (χ3n) is 28.2. The van der Waals surface area contributed by atoms with Crippen LogP contribution in [0.15, 0.2) is 388 Å². The van der Waals surface area contributed by atoms with Crippen LogP contribution in [0, 0.1) is 137 Å². The Morgan fingerprint density at radius 1 is 0.149 bits per heavy atom. The van der Waals surface area contributed by atoms with Gasteiger partial charge >= 0.3 is 0 Å². The maximum atomic E-state index is 16.5. The van der Waals surface area contributed by atoms with Gasteiger partial charge in [-0.3, -0.25) is 0 Å². The second-order valence-corrected chi connectivity index (χ2v) is 36.1. The number of halogens is 4. The van der Waals surface area contributed by atoms with Crippen LogP contribution >= 0.6 is 0 Å². The molecule has 0 bridgehead atoms. The SMILES string of the molecule is N#Cc1ccccc1-c1ccc2c(c1)c1cc(-c3ccccc3C#N)ccc1n2-c1cc(-c2cc(F)cc(F)c2)cc(-n2c3ccc(-c4ccccc4C#N)cc3c3cc(-c4cccc(-c5cc(-c6ccccc6C#N)cc6c5c5ccc(-c7ccccc7C#N)cc5n6-c5cc(-c6cc(F)cc(F)c6)cc(-n6c7cc(-c8ccccc8C#N)ccc7c7ccc(-c8ccccc8C#N)cc76)c5C#N)c4C#N)ccc32)c1C#N. The topological polar surface area (TPSA) is 258 Å². The Morgan fingerprint density at radius 2 is 0.385 bits per heavy atom. The predicted octanol–water partition coefficient (Wildman–Crippen LogP) is 31.7. The maximum Gasteiger partial charge on any atom is 0.126 e. The highest BCUT2D eigenvalue weighted by atomic mass is 19.1. The van der Waals surface area contributed by atoms with E-state index in [1.807, 2.05) is 261 Å². The lowest BCUT2D eigenvalue weighted by atomic mass is 9.87. The molecule has 0 amide bonds. The monoisotopic (exact) mass is 1900 g/mol. The first-order valence-corrected chi connectivity index (χ1v) is 47.1. The van der Waals surface area contributed by atoms with E-state index >= 15 is 17.6 Å². The minimum atomic E-state index is -0.891. The molecule has 682 valence electrons.